The number of carbonyl (C=O) groups is 4. The topological polar surface area (TPSA) is 111 Å². The van der Waals surface area contributed by atoms with Gasteiger partial charge in [0.1, 0.15) is 12.1 Å². The molecule has 0 unspecified atom stereocenters. The van der Waals surface area contributed by atoms with Crippen molar-refractivity contribution in [1.82, 2.24) is 10.6 Å². The van der Waals surface area contributed by atoms with Gasteiger partial charge in [-0.1, -0.05) is 21.6 Å². The van der Waals surface area contributed by atoms with Gasteiger partial charge in [-0.05, 0) is 0 Å². The highest BCUT2D eigenvalue weighted by Gasteiger charge is 2.23. The van der Waals surface area contributed by atoms with Crippen LogP contribution in [0.4, 0.5) is 0 Å². The Hall–Kier alpha value is -1.42. The van der Waals surface area contributed by atoms with E-state index in [1.54, 1.807) is 0 Å². The predicted molar refractivity (Wildman–Crippen MR) is 84.2 cm³/mol. The van der Waals surface area contributed by atoms with Gasteiger partial charge < -0.3 is 20.1 Å². The summed E-state index contributed by atoms with van der Waals surface area (Å²) in [5, 5.41) is 4.95. The first-order valence-electron chi connectivity index (χ1n) is 6.26. The summed E-state index contributed by atoms with van der Waals surface area (Å²) in [4.78, 5) is 45.0. The Balaban J connectivity index is 4.33. The molecule has 2 N–H and O–H groups in total. The molecule has 0 aromatic rings. The summed E-state index contributed by atoms with van der Waals surface area (Å²) in [7, 11) is 5.02. The van der Waals surface area contributed by atoms with Gasteiger partial charge in [0.05, 0.1) is 14.2 Å². The average Bonchev–Trinajstić information content (AvgIpc) is 2.46. The Labute approximate surface area is 136 Å². The van der Waals surface area contributed by atoms with E-state index in [9.17, 15) is 19.2 Å². The normalized spacial score (nSPS) is 12.7. The van der Waals surface area contributed by atoms with E-state index >= 15 is 0 Å². The molecule has 0 radical (unpaired) electrons. The molecule has 0 spiro atoms. The van der Waals surface area contributed by atoms with Crippen molar-refractivity contribution in [3.63, 3.8) is 0 Å². The van der Waals surface area contributed by atoms with E-state index in [0.29, 0.717) is 0 Å². The van der Waals surface area contributed by atoms with Gasteiger partial charge in [0.25, 0.3) is 0 Å². The molecule has 0 heterocycles. The molecule has 0 saturated carbocycles. The summed E-state index contributed by atoms with van der Waals surface area (Å²) in [6.07, 6.45) is 0. The van der Waals surface area contributed by atoms with Crippen molar-refractivity contribution in [3.8, 4) is 0 Å². The highest BCUT2D eigenvalue weighted by molar-refractivity contribution is 8.76. The highest BCUT2D eigenvalue weighted by Crippen LogP contribution is 2.23. The second-order valence-corrected chi connectivity index (χ2v) is 6.67. The summed E-state index contributed by atoms with van der Waals surface area (Å²) in [5.41, 5.74) is 0. The molecule has 0 aliphatic heterocycles. The van der Waals surface area contributed by atoms with Crippen LogP contribution in [0.2, 0.25) is 0 Å². The molecule has 0 bridgehead atoms. The molecule has 22 heavy (non-hydrogen) atoms. The number of hydrogen-bond acceptors (Lipinski definition) is 8. The largest absolute Gasteiger partial charge is 0.467 e. The van der Waals surface area contributed by atoms with Crippen LogP contribution in [0.3, 0.4) is 0 Å². The fraction of sp³-hybridized carbons (Fsp3) is 0.667. The van der Waals surface area contributed by atoms with Gasteiger partial charge in [-0.3, -0.25) is 9.59 Å². The molecule has 0 rings (SSSR count). The van der Waals surface area contributed by atoms with E-state index in [2.05, 4.69) is 20.1 Å². The molecule has 8 nitrogen and oxygen atoms in total. The molecule has 0 aromatic carbocycles. The van der Waals surface area contributed by atoms with Crippen molar-refractivity contribution < 1.29 is 28.7 Å². The van der Waals surface area contributed by atoms with E-state index < -0.39 is 24.0 Å². The maximum atomic E-state index is 11.5. The molecule has 10 heteroatoms. The SMILES string of the molecule is COC(=O)[C@H](CSSC[C@@H](NC(C)=O)C(=O)OC)NC(C)=O. The zero-order chi connectivity index (χ0) is 17.1. The molecular formula is C12H20N2O6S2. The lowest BCUT2D eigenvalue weighted by atomic mass is 10.3. The van der Waals surface area contributed by atoms with E-state index in [1.165, 1.54) is 49.7 Å². The minimum atomic E-state index is -0.766. The van der Waals surface area contributed by atoms with E-state index in [4.69, 9.17) is 0 Å². The second-order valence-electron chi connectivity index (χ2n) is 4.12. The van der Waals surface area contributed by atoms with Crippen LogP contribution in [0.5, 0.6) is 0 Å². The molecule has 0 aliphatic carbocycles. The van der Waals surface area contributed by atoms with Crippen molar-refractivity contribution >= 4 is 45.3 Å². The second kappa shape index (κ2) is 11.2. The van der Waals surface area contributed by atoms with Crippen LogP contribution < -0.4 is 10.6 Å². The lowest BCUT2D eigenvalue weighted by Crippen LogP contribution is -2.43. The number of carbonyl (C=O) groups excluding carboxylic acids is 4. The first-order valence-corrected chi connectivity index (χ1v) is 8.74. The van der Waals surface area contributed by atoms with Gasteiger partial charge in [0, 0.05) is 25.4 Å². The summed E-state index contributed by atoms with van der Waals surface area (Å²) in [5.74, 6) is -1.24. The van der Waals surface area contributed by atoms with Crippen molar-refractivity contribution in [2.75, 3.05) is 25.7 Å². The molecule has 126 valence electrons. The van der Waals surface area contributed by atoms with E-state index in [1.807, 2.05) is 0 Å². The van der Waals surface area contributed by atoms with E-state index in [-0.39, 0.29) is 23.3 Å². The molecule has 0 aliphatic rings. The number of methoxy groups -OCH3 is 2. The fourth-order valence-corrected chi connectivity index (χ4v) is 3.64. The predicted octanol–water partition coefficient (Wildman–Crippen LogP) is -0.277. The monoisotopic (exact) mass is 352 g/mol. The lowest BCUT2D eigenvalue weighted by molar-refractivity contribution is -0.144. The quantitative estimate of drug-likeness (QED) is 0.331. The summed E-state index contributed by atoms with van der Waals surface area (Å²) < 4.78 is 9.18. The number of esters is 2. The van der Waals surface area contributed by atoms with E-state index in [0.717, 1.165) is 0 Å². The van der Waals surface area contributed by atoms with Gasteiger partial charge >= 0.3 is 11.9 Å². The minimum Gasteiger partial charge on any atom is -0.467 e. The third-order valence-electron chi connectivity index (χ3n) is 2.28. The highest BCUT2D eigenvalue weighted by atomic mass is 33.1. The van der Waals surface area contributed by atoms with Crippen LogP contribution in [-0.4, -0.2) is 61.6 Å². The Bertz CT molecular complexity index is 380. The first-order chi connectivity index (χ1) is 10.3. The van der Waals surface area contributed by atoms with Crippen LogP contribution in [0, 0.1) is 0 Å². The molecular weight excluding hydrogens is 332 g/mol. The smallest absolute Gasteiger partial charge is 0.329 e. The van der Waals surface area contributed by atoms with Crippen molar-refractivity contribution in [2.45, 2.75) is 25.9 Å². The van der Waals surface area contributed by atoms with Gasteiger partial charge in [-0.2, -0.15) is 0 Å². The Morgan fingerprint density at radius 2 is 1.14 bits per heavy atom. The maximum absolute atomic E-state index is 11.5. The van der Waals surface area contributed by atoms with Crippen LogP contribution in [0.25, 0.3) is 0 Å². The van der Waals surface area contributed by atoms with Crippen LogP contribution in [0.1, 0.15) is 13.8 Å². The summed E-state index contributed by atoms with van der Waals surface area (Å²) in [6, 6.07) is -1.53. The Morgan fingerprint density at radius 1 is 0.818 bits per heavy atom. The zero-order valence-corrected chi connectivity index (χ0v) is 14.5. The number of amides is 2. The molecule has 0 aromatic heterocycles. The molecule has 0 saturated heterocycles. The van der Waals surface area contributed by atoms with Crippen LogP contribution in [-0.2, 0) is 28.7 Å². The van der Waals surface area contributed by atoms with Crippen molar-refractivity contribution in [2.24, 2.45) is 0 Å². The van der Waals surface area contributed by atoms with Crippen LogP contribution in [0.15, 0.2) is 0 Å². The Kier molecular flexibility index (Phi) is 10.5. The van der Waals surface area contributed by atoms with Gasteiger partial charge in [0.15, 0.2) is 0 Å². The Morgan fingerprint density at radius 3 is 1.36 bits per heavy atom. The van der Waals surface area contributed by atoms with Gasteiger partial charge in [-0.25, -0.2) is 9.59 Å². The van der Waals surface area contributed by atoms with Gasteiger partial charge in [0.2, 0.25) is 11.8 Å². The van der Waals surface area contributed by atoms with Crippen LogP contribution >= 0.6 is 21.6 Å². The molecule has 2 amide bonds. The fourth-order valence-electron chi connectivity index (χ4n) is 1.34. The lowest BCUT2D eigenvalue weighted by Gasteiger charge is -2.16. The number of rotatable bonds is 9. The number of hydrogen-bond donors (Lipinski definition) is 2. The van der Waals surface area contributed by atoms with Gasteiger partial charge in [-0.15, -0.1) is 0 Å². The third-order valence-corrected chi connectivity index (χ3v) is 4.70. The maximum Gasteiger partial charge on any atom is 0.329 e. The zero-order valence-electron chi connectivity index (χ0n) is 12.8. The standard InChI is InChI=1S/C12H20N2O6S2/c1-7(15)13-9(11(17)19-3)5-21-22-6-10(12(18)20-4)14-8(2)16/h9-10H,5-6H2,1-4H3,(H,13,15)(H,14,16)/t9-,10+. The first kappa shape index (κ1) is 20.6. The summed E-state index contributed by atoms with van der Waals surface area (Å²) >= 11 is 0. The number of nitrogens with one attached hydrogen (secondary N) is 2. The molecule has 2 atom stereocenters. The number of ether oxygens (including phenoxy) is 2. The summed E-state index contributed by atoms with van der Waals surface area (Å²) in [6.45, 7) is 2.61. The average molecular weight is 352 g/mol. The minimum absolute atomic E-state index is 0.269. The van der Waals surface area contributed by atoms with Crippen molar-refractivity contribution in [3.05, 3.63) is 0 Å². The van der Waals surface area contributed by atoms with Crippen molar-refractivity contribution in [1.29, 1.82) is 0 Å². The molecule has 0 fully saturated rings. The third kappa shape index (κ3) is 8.78.